The summed E-state index contributed by atoms with van der Waals surface area (Å²) in [5.74, 6) is 1.09. The summed E-state index contributed by atoms with van der Waals surface area (Å²) in [7, 11) is 0. The van der Waals surface area contributed by atoms with E-state index in [2.05, 4.69) is 54.7 Å². The fourth-order valence-electron chi connectivity index (χ4n) is 4.15. The number of amides is 1. The number of hydrogen-bond donors (Lipinski definition) is 1. The van der Waals surface area contributed by atoms with Crippen molar-refractivity contribution in [2.75, 3.05) is 18.0 Å². The van der Waals surface area contributed by atoms with Gasteiger partial charge in [0.05, 0.1) is 0 Å². The van der Waals surface area contributed by atoms with Crippen LogP contribution < -0.4 is 15.0 Å². The van der Waals surface area contributed by atoms with E-state index in [-0.39, 0.29) is 11.9 Å². The van der Waals surface area contributed by atoms with Crippen LogP contribution in [0.25, 0.3) is 10.8 Å². The van der Waals surface area contributed by atoms with Crippen LogP contribution in [0.3, 0.4) is 0 Å². The van der Waals surface area contributed by atoms with Crippen molar-refractivity contribution >= 4 is 22.4 Å². The lowest BCUT2D eigenvalue weighted by atomic mass is 10.0. The van der Waals surface area contributed by atoms with Crippen LogP contribution in [-0.2, 0) is 11.4 Å². The van der Waals surface area contributed by atoms with Gasteiger partial charge in [0, 0.05) is 18.2 Å². The van der Waals surface area contributed by atoms with Crippen LogP contribution in [0, 0.1) is 0 Å². The third-order valence-electron chi connectivity index (χ3n) is 5.73. The smallest absolute Gasteiger partial charge is 0.227 e. The molecule has 1 saturated heterocycles. The van der Waals surface area contributed by atoms with Crippen LogP contribution in [0.5, 0.6) is 5.75 Å². The van der Waals surface area contributed by atoms with Crippen molar-refractivity contribution in [2.24, 2.45) is 0 Å². The average Bonchev–Trinajstić information content (AvgIpc) is 2.79. The molecule has 1 amide bonds. The molecule has 0 saturated carbocycles. The molecule has 156 valence electrons. The van der Waals surface area contributed by atoms with Crippen LogP contribution in [0.15, 0.2) is 66.7 Å². The molecule has 1 N–H and O–H groups in total. The number of carbonyl (C=O) groups excluding carboxylic acids is 1. The Morgan fingerprint density at radius 3 is 2.50 bits per heavy atom. The second-order valence-electron chi connectivity index (χ2n) is 7.96. The fraction of sp³-hybridized carbons (Fsp3) is 0.346. The molecule has 3 aromatic carbocycles. The Bertz CT molecular complexity index is 981. The Morgan fingerprint density at radius 1 is 1.00 bits per heavy atom. The second kappa shape index (κ2) is 9.77. The summed E-state index contributed by atoms with van der Waals surface area (Å²) < 4.78 is 5.97. The van der Waals surface area contributed by atoms with Gasteiger partial charge in [0.15, 0.2) is 0 Å². The molecule has 30 heavy (non-hydrogen) atoms. The number of nitrogens with zero attached hydrogens (tertiary/aromatic N) is 1. The molecule has 0 atom stereocenters. The van der Waals surface area contributed by atoms with Gasteiger partial charge in [0.25, 0.3) is 0 Å². The topological polar surface area (TPSA) is 41.6 Å². The molecule has 0 aromatic heterocycles. The molecular formula is C26H30N2O2. The monoisotopic (exact) mass is 402 g/mol. The van der Waals surface area contributed by atoms with Gasteiger partial charge in [0.2, 0.25) is 5.91 Å². The van der Waals surface area contributed by atoms with Gasteiger partial charge in [0.1, 0.15) is 12.4 Å². The van der Waals surface area contributed by atoms with Gasteiger partial charge >= 0.3 is 0 Å². The minimum atomic E-state index is 0.228. The predicted molar refractivity (Wildman–Crippen MR) is 123 cm³/mol. The molecule has 0 radical (unpaired) electrons. The van der Waals surface area contributed by atoms with E-state index in [1.54, 1.807) is 0 Å². The van der Waals surface area contributed by atoms with E-state index < -0.39 is 0 Å². The Balaban J connectivity index is 1.55. The van der Waals surface area contributed by atoms with Gasteiger partial charge in [-0.3, -0.25) is 4.79 Å². The lowest BCUT2D eigenvalue weighted by Gasteiger charge is -2.35. The molecule has 1 heterocycles. The number of anilines is 1. The number of rotatable bonds is 7. The number of piperidine rings is 1. The Hall–Kier alpha value is -2.85. The summed E-state index contributed by atoms with van der Waals surface area (Å²) in [5, 5.41) is 5.65. The van der Waals surface area contributed by atoms with Crippen LogP contribution in [0.2, 0.25) is 0 Å². The summed E-state index contributed by atoms with van der Waals surface area (Å²) in [5.41, 5.74) is 2.16. The number of hydrogen-bond acceptors (Lipinski definition) is 3. The molecule has 3 aromatic rings. The maximum absolute atomic E-state index is 12.9. The Kier molecular flexibility index (Phi) is 6.65. The van der Waals surface area contributed by atoms with Crippen molar-refractivity contribution in [3.63, 3.8) is 0 Å². The van der Waals surface area contributed by atoms with Gasteiger partial charge in [-0.05, 0) is 73.0 Å². The molecule has 4 nitrogen and oxygen atoms in total. The van der Waals surface area contributed by atoms with E-state index in [0.29, 0.717) is 13.0 Å². The predicted octanol–water partition coefficient (Wildman–Crippen LogP) is 5.30. The van der Waals surface area contributed by atoms with Gasteiger partial charge in [-0.2, -0.15) is 0 Å². The first-order chi connectivity index (χ1) is 14.7. The van der Waals surface area contributed by atoms with E-state index in [0.717, 1.165) is 60.1 Å². The highest BCUT2D eigenvalue weighted by Gasteiger charge is 2.26. The first-order valence-corrected chi connectivity index (χ1v) is 11.0. The lowest BCUT2D eigenvalue weighted by Crippen LogP contribution is -2.46. The highest BCUT2D eigenvalue weighted by molar-refractivity contribution is 5.97. The second-order valence-corrected chi connectivity index (χ2v) is 7.96. The molecular weight excluding hydrogens is 372 g/mol. The minimum Gasteiger partial charge on any atom is -0.489 e. The zero-order valence-electron chi connectivity index (χ0n) is 17.6. The van der Waals surface area contributed by atoms with Crippen molar-refractivity contribution in [3.8, 4) is 5.75 Å². The number of fused-ring (bicyclic) bond motifs is 1. The zero-order valence-corrected chi connectivity index (χ0v) is 17.6. The molecule has 1 aliphatic heterocycles. The molecule has 4 rings (SSSR count). The van der Waals surface area contributed by atoms with Gasteiger partial charge in [-0.25, -0.2) is 0 Å². The van der Waals surface area contributed by atoms with Crippen molar-refractivity contribution in [1.82, 2.24) is 5.32 Å². The summed E-state index contributed by atoms with van der Waals surface area (Å²) in [4.78, 5) is 15.0. The molecule has 0 aliphatic carbocycles. The maximum atomic E-state index is 12.9. The average molecular weight is 403 g/mol. The Labute approximate surface area is 178 Å². The third kappa shape index (κ3) is 4.82. The van der Waals surface area contributed by atoms with Crippen molar-refractivity contribution in [1.29, 1.82) is 0 Å². The summed E-state index contributed by atoms with van der Waals surface area (Å²) in [6.07, 6.45) is 3.46. The third-order valence-corrected chi connectivity index (χ3v) is 5.73. The number of nitrogens with one attached hydrogen (secondary N) is 1. The number of carbonyl (C=O) groups is 1. The van der Waals surface area contributed by atoms with Crippen molar-refractivity contribution in [2.45, 2.75) is 45.3 Å². The quantitative estimate of drug-likeness (QED) is 0.583. The van der Waals surface area contributed by atoms with E-state index in [1.165, 1.54) is 0 Å². The SMILES string of the molecule is CCCC(=O)N(c1ccc2cc(OCc3ccccc3)ccc2c1)C1CCNCC1. The van der Waals surface area contributed by atoms with Crippen LogP contribution in [0.4, 0.5) is 5.69 Å². The van der Waals surface area contributed by atoms with Crippen LogP contribution in [0.1, 0.15) is 38.2 Å². The Morgan fingerprint density at radius 2 is 1.73 bits per heavy atom. The standard InChI is InChI=1S/C26H30N2O2/c1-2-6-26(29)28(23-13-15-27-16-14-23)24-11-9-22-18-25(12-10-21(22)17-24)30-19-20-7-4-3-5-8-20/h3-5,7-12,17-18,23,27H,2,6,13-16,19H2,1H3. The van der Waals surface area contributed by atoms with E-state index in [9.17, 15) is 4.79 Å². The highest BCUT2D eigenvalue weighted by Crippen LogP contribution is 2.29. The van der Waals surface area contributed by atoms with Crippen molar-refractivity contribution in [3.05, 3.63) is 72.3 Å². The van der Waals surface area contributed by atoms with E-state index >= 15 is 0 Å². The number of benzene rings is 3. The normalized spacial score (nSPS) is 14.6. The minimum absolute atomic E-state index is 0.228. The van der Waals surface area contributed by atoms with Gasteiger partial charge in [-0.1, -0.05) is 49.4 Å². The molecule has 1 fully saturated rings. The van der Waals surface area contributed by atoms with Crippen molar-refractivity contribution < 1.29 is 9.53 Å². The number of ether oxygens (including phenoxy) is 1. The van der Waals surface area contributed by atoms with Crippen LogP contribution >= 0.6 is 0 Å². The first kappa shape index (κ1) is 20.4. The van der Waals surface area contributed by atoms with Gasteiger partial charge < -0.3 is 15.0 Å². The van der Waals surface area contributed by atoms with E-state index in [1.807, 2.05) is 29.2 Å². The summed E-state index contributed by atoms with van der Waals surface area (Å²) >= 11 is 0. The molecule has 0 unspecified atom stereocenters. The zero-order chi connectivity index (χ0) is 20.8. The van der Waals surface area contributed by atoms with E-state index in [4.69, 9.17) is 4.74 Å². The van der Waals surface area contributed by atoms with Crippen LogP contribution in [-0.4, -0.2) is 25.0 Å². The molecule has 1 aliphatic rings. The van der Waals surface area contributed by atoms with Gasteiger partial charge in [-0.15, -0.1) is 0 Å². The maximum Gasteiger partial charge on any atom is 0.227 e. The fourth-order valence-corrected chi connectivity index (χ4v) is 4.15. The highest BCUT2D eigenvalue weighted by atomic mass is 16.5. The largest absolute Gasteiger partial charge is 0.489 e. The summed E-state index contributed by atoms with van der Waals surface area (Å²) in [6, 6.07) is 23.0. The molecule has 4 heteroatoms. The summed E-state index contributed by atoms with van der Waals surface area (Å²) in [6.45, 7) is 4.56. The molecule has 0 spiro atoms. The lowest BCUT2D eigenvalue weighted by molar-refractivity contribution is -0.119. The first-order valence-electron chi connectivity index (χ1n) is 11.0. The molecule has 0 bridgehead atoms.